The molecule has 0 radical (unpaired) electrons. The highest BCUT2D eigenvalue weighted by atomic mass is 35.5. The van der Waals surface area contributed by atoms with E-state index < -0.39 is 4.92 Å². The van der Waals surface area contributed by atoms with Crippen molar-refractivity contribution in [3.05, 3.63) is 33.1 Å². The van der Waals surface area contributed by atoms with Crippen molar-refractivity contribution in [2.24, 2.45) is 0 Å². The van der Waals surface area contributed by atoms with E-state index in [-0.39, 0.29) is 27.3 Å². The van der Waals surface area contributed by atoms with Crippen molar-refractivity contribution in [1.29, 1.82) is 0 Å². The summed E-state index contributed by atoms with van der Waals surface area (Å²) in [6.07, 6.45) is 1.29. The Bertz CT molecular complexity index is 522. The van der Waals surface area contributed by atoms with Crippen LogP contribution in [0.25, 0.3) is 0 Å². The van der Waals surface area contributed by atoms with Crippen LogP contribution in [0.3, 0.4) is 0 Å². The fourth-order valence-electron chi connectivity index (χ4n) is 0.922. The number of carbonyl (C=O) groups is 1. The first-order valence-electron chi connectivity index (χ1n) is 4.43. The molecule has 0 amide bonds. The molecule has 1 heterocycles. The summed E-state index contributed by atoms with van der Waals surface area (Å²) >= 11 is 6.63. The Morgan fingerprint density at radius 2 is 2.41 bits per heavy atom. The average Bonchev–Trinajstić information content (AvgIpc) is 2.25. The minimum absolute atomic E-state index is 0.0450. The molecule has 0 saturated heterocycles. The van der Waals surface area contributed by atoms with Crippen LogP contribution in [0.15, 0.2) is 12.3 Å². The Balaban J connectivity index is 2.90. The van der Waals surface area contributed by atoms with Crippen LogP contribution in [0, 0.1) is 22.0 Å². The molecular formula is C10H7ClN2O3S. The third kappa shape index (κ3) is 4.43. The summed E-state index contributed by atoms with van der Waals surface area (Å²) < 4.78 is 0. The summed E-state index contributed by atoms with van der Waals surface area (Å²) in [6.45, 7) is 1.43. The van der Waals surface area contributed by atoms with Gasteiger partial charge >= 0.3 is 5.69 Å². The van der Waals surface area contributed by atoms with Crippen LogP contribution in [-0.2, 0) is 4.79 Å². The largest absolute Gasteiger partial charge is 0.304 e. The number of carbonyl (C=O) groups excluding carboxylic acids is 1. The highest BCUT2D eigenvalue weighted by molar-refractivity contribution is 8.13. The van der Waals surface area contributed by atoms with Crippen LogP contribution in [0.1, 0.15) is 12.6 Å². The molecule has 0 fully saturated rings. The molecule has 0 aliphatic heterocycles. The molecule has 1 aromatic rings. The number of rotatable bonds is 2. The van der Waals surface area contributed by atoms with E-state index in [0.29, 0.717) is 0 Å². The van der Waals surface area contributed by atoms with Gasteiger partial charge in [-0.15, -0.1) is 0 Å². The van der Waals surface area contributed by atoms with Crippen LogP contribution in [-0.4, -0.2) is 20.8 Å². The van der Waals surface area contributed by atoms with Gasteiger partial charge in [0.15, 0.2) is 10.8 Å². The van der Waals surface area contributed by atoms with E-state index in [4.69, 9.17) is 11.6 Å². The predicted molar refractivity (Wildman–Crippen MR) is 65.9 cm³/mol. The molecule has 0 N–H and O–H groups in total. The molecule has 0 aliphatic rings. The lowest BCUT2D eigenvalue weighted by atomic mass is 10.3. The van der Waals surface area contributed by atoms with Gasteiger partial charge in [-0.25, -0.2) is 4.98 Å². The molecule has 0 bridgehead atoms. The minimum Gasteiger partial charge on any atom is -0.288 e. The fourth-order valence-corrected chi connectivity index (χ4v) is 1.42. The topological polar surface area (TPSA) is 73.1 Å². The van der Waals surface area contributed by atoms with Crippen molar-refractivity contribution in [3.8, 4) is 11.8 Å². The lowest BCUT2D eigenvalue weighted by molar-refractivity contribution is -0.385. The number of aromatic nitrogens is 1. The molecule has 17 heavy (non-hydrogen) atoms. The van der Waals surface area contributed by atoms with Gasteiger partial charge in [0.05, 0.1) is 15.7 Å². The van der Waals surface area contributed by atoms with Gasteiger partial charge < -0.3 is 0 Å². The van der Waals surface area contributed by atoms with E-state index in [1.54, 1.807) is 0 Å². The summed E-state index contributed by atoms with van der Waals surface area (Å²) in [4.78, 5) is 24.5. The number of hydrogen-bond donors (Lipinski definition) is 0. The van der Waals surface area contributed by atoms with E-state index in [1.807, 2.05) is 0 Å². The Hall–Kier alpha value is -1.58. The Morgan fingerprint density at radius 1 is 1.71 bits per heavy atom. The summed E-state index contributed by atoms with van der Waals surface area (Å²) in [6, 6.07) is 1.19. The zero-order valence-electron chi connectivity index (χ0n) is 8.77. The Labute approximate surface area is 107 Å². The van der Waals surface area contributed by atoms with Gasteiger partial charge in [-0.3, -0.25) is 14.9 Å². The van der Waals surface area contributed by atoms with E-state index in [2.05, 4.69) is 16.8 Å². The van der Waals surface area contributed by atoms with Gasteiger partial charge in [-0.05, 0) is 5.92 Å². The second-order valence-corrected chi connectivity index (χ2v) is 4.45. The van der Waals surface area contributed by atoms with Crippen LogP contribution in [0.5, 0.6) is 0 Å². The molecule has 0 saturated carbocycles. The number of pyridine rings is 1. The standard InChI is InChI=1S/C10H7ClN2O3S/c1-7(14)17-4-2-3-9-10(13(15)16)5-8(11)6-12-9/h5-6H,4H2,1H3. The molecule has 0 atom stereocenters. The lowest BCUT2D eigenvalue weighted by Gasteiger charge is -1.94. The number of nitrogens with zero attached hydrogens (tertiary/aromatic N) is 2. The van der Waals surface area contributed by atoms with Crippen molar-refractivity contribution < 1.29 is 9.72 Å². The first-order chi connectivity index (χ1) is 8.00. The van der Waals surface area contributed by atoms with Crippen molar-refractivity contribution >= 4 is 34.2 Å². The normalized spacial score (nSPS) is 9.29. The number of nitro groups is 1. The number of thioether (sulfide) groups is 1. The van der Waals surface area contributed by atoms with E-state index >= 15 is 0 Å². The van der Waals surface area contributed by atoms with Crippen molar-refractivity contribution in [3.63, 3.8) is 0 Å². The zero-order valence-corrected chi connectivity index (χ0v) is 10.3. The molecule has 1 rings (SSSR count). The Morgan fingerprint density at radius 3 is 3.00 bits per heavy atom. The van der Waals surface area contributed by atoms with Crippen LogP contribution >= 0.6 is 23.4 Å². The van der Waals surface area contributed by atoms with Crippen molar-refractivity contribution in [2.75, 3.05) is 5.75 Å². The quantitative estimate of drug-likeness (QED) is 0.468. The number of halogens is 1. The van der Waals surface area contributed by atoms with Gasteiger partial charge in [-0.1, -0.05) is 29.3 Å². The van der Waals surface area contributed by atoms with Crippen molar-refractivity contribution in [1.82, 2.24) is 4.98 Å². The van der Waals surface area contributed by atoms with Gasteiger partial charge in [0.25, 0.3) is 0 Å². The predicted octanol–water partition coefficient (Wildman–Crippen LogP) is 2.27. The average molecular weight is 271 g/mol. The zero-order chi connectivity index (χ0) is 12.8. The van der Waals surface area contributed by atoms with Crippen LogP contribution < -0.4 is 0 Å². The molecule has 7 heteroatoms. The van der Waals surface area contributed by atoms with Crippen molar-refractivity contribution in [2.45, 2.75) is 6.92 Å². The maximum absolute atomic E-state index is 10.7. The number of hydrogen-bond acceptors (Lipinski definition) is 5. The molecule has 5 nitrogen and oxygen atoms in total. The smallest absolute Gasteiger partial charge is 0.288 e. The molecule has 0 aromatic carbocycles. The molecule has 0 unspecified atom stereocenters. The summed E-state index contributed by atoms with van der Waals surface area (Å²) in [5, 5.41) is 10.8. The van der Waals surface area contributed by atoms with Gasteiger partial charge in [0, 0.05) is 19.2 Å². The fraction of sp³-hybridized carbons (Fsp3) is 0.200. The van der Waals surface area contributed by atoms with E-state index in [9.17, 15) is 14.9 Å². The molecule has 0 aliphatic carbocycles. The van der Waals surface area contributed by atoms with Gasteiger partial charge in [-0.2, -0.15) is 0 Å². The van der Waals surface area contributed by atoms with Crippen LogP contribution in [0.2, 0.25) is 5.02 Å². The highest BCUT2D eigenvalue weighted by Gasteiger charge is 2.13. The Kier molecular flexibility index (Phi) is 4.94. The maximum atomic E-state index is 10.7. The minimum atomic E-state index is -0.596. The van der Waals surface area contributed by atoms with Crippen LogP contribution in [0.4, 0.5) is 5.69 Å². The van der Waals surface area contributed by atoms with E-state index in [0.717, 1.165) is 11.8 Å². The molecule has 88 valence electrons. The summed E-state index contributed by atoms with van der Waals surface area (Å²) in [5.41, 5.74) is -0.193. The maximum Gasteiger partial charge on any atom is 0.304 e. The molecule has 0 spiro atoms. The monoisotopic (exact) mass is 270 g/mol. The third-order valence-corrected chi connectivity index (χ3v) is 2.49. The summed E-state index contributed by atoms with van der Waals surface area (Å²) in [5.74, 6) is 5.45. The second kappa shape index (κ2) is 6.23. The van der Waals surface area contributed by atoms with E-state index in [1.165, 1.54) is 19.2 Å². The third-order valence-electron chi connectivity index (χ3n) is 1.59. The first-order valence-corrected chi connectivity index (χ1v) is 5.79. The second-order valence-electron chi connectivity index (χ2n) is 2.86. The molecular weight excluding hydrogens is 264 g/mol. The van der Waals surface area contributed by atoms with Gasteiger partial charge in [0.2, 0.25) is 0 Å². The summed E-state index contributed by atoms with van der Waals surface area (Å²) in [7, 11) is 0. The molecule has 1 aromatic heterocycles. The first kappa shape index (κ1) is 13.5. The van der Waals surface area contributed by atoms with Gasteiger partial charge in [0.1, 0.15) is 0 Å². The highest BCUT2D eigenvalue weighted by Crippen LogP contribution is 2.19. The lowest BCUT2D eigenvalue weighted by Crippen LogP contribution is -1.95. The SMILES string of the molecule is CC(=O)SCC#Cc1ncc(Cl)cc1[N+](=O)[O-].